The number of urea groups is 1. The zero-order valence-electron chi connectivity index (χ0n) is 38.3. The Bertz CT molecular complexity index is 2490. The number of anilines is 2. The number of carbonyl (C=O) groups is 5. The highest BCUT2D eigenvalue weighted by Gasteiger charge is 2.32. The summed E-state index contributed by atoms with van der Waals surface area (Å²) in [7, 11) is 0. The summed E-state index contributed by atoms with van der Waals surface area (Å²) in [6.45, 7) is 15.4. The van der Waals surface area contributed by atoms with Crippen LogP contribution in [0.15, 0.2) is 54.6 Å². The summed E-state index contributed by atoms with van der Waals surface area (Å²) < 4.78 is 19.7. The standard InChI is InChI=1S/C48H60FN9O8/c1-7-54(8-2)18-21-57(46(63)43-29(5)39(52-30(43)6)25-36-35-23-32(49)11-14-38(35)53-45(36)62)48(65)66-22-15-42(61)56-19-16-55(17-20-56)27-31-9-12-33(13-10-31)58(47(51)64)44(50)37-24-34(28(3)4)40(59)26-41(37)60/h9-14,23-26,28,44,52,59-60H,7-8,15-22,27,50H2,1-6H3,(H2,51,64)(H,53,62)/b36-25-. The highest BCUT2D eigenvalue weighted by Crippen LogP contribution is 2.37. The summed E-state index contributed by atoms with van der Waals surface area (Å²) in [4.78, 5) is 78.0. The summed E-state index contributed by atoms with van der Waals surface area (Å²) in [5.74, 6) is -2.09. The van der Waals surface area contributed by atoms with Crippen molar-refractivity contribution in [3.8, 4) is 11.5 Å². The number of H-pyrrole nitrogens is 1. The Balaban J connectivity index is 1.04. The van der Waals surface area contributed by atoms with Gasteiger partial charge in [0, 0.05) is 85.8 Å². The van der Waals surface area contributed by atoms with E-state index >= 15 is 0 Å². The molecule has 0 bridgehead atoms. The molecule has 1 atom stereocenters. The van der Waals surface area contributed by atoms with E-state index < -0.39 is 35.9 Å². The number of nitrogens with zero attached hydrogens (tertiary/aromatic N) is 5. The van der Waals surface area contributed by atoms with Crippen LogP contribution in [0.2, 0.25) is 0 Å². The molecule has 1 fully saturated rings. The molecule has 6 amide bonds. The van der Waals surface area contributed by atoms with E-state index in [1.165, 1.54) is 29.2 Å². The van der Waals surface area contributed by atoms with Gasteiger partial charge in [-0.3, -0.25) is 24.2 Å². The largest absolute Gasteiger partial charge is 0.508 e. The van der Waals surface area contributed by atoms with Crippen LogP contribution in [-0.4, -0.2) is 124 Å². The van der Waals surface area contributed by atoms with Gasteiger partial charge in [-0.15, -0.1) is 0 Å². The van der Waals surface area contributed by atoms with Crippen LogP contribution in [0.4, 0.5) is 25.4 Å². The molecule has 1 aromatic heterocycles. The second-order valence-electron chi connectivity index (χ2n) is 16.8. The fourth-order valence-electron chi connectivity index (χ4n) is 8.39. The van der Waals surface area contributed by atoms with Crippen molar-refractivity contribution in [3.05, 3.63) is 105 Å². The zero-order valence-corrected chi connectivity index (χ0v) is 38.3. The molecule has 66 heavy (non-hydrogen) atoms. The lowest BCUT2D eigenvalue weighted by molar-refractivity contribution is -0.133. The van der Waals surface area contributed by atoms with Crippen molar-refractivity contribution in [3.63, 3.8) is 0 Å². The number of piperazine rings is 1. The first-order chi connectivity index (χ1) is 31.4. The lowest BCUT2D eigenvalue weighted by Gasteiger charge is -2.35. The topological polar surface area (TPSA) is 231 Å². The number of benzene rings is 3. The van der Waals surface area contributed by atoms with Gasteiger partial charge in [0.25, 0.3) is 11.8 Å². The van der Waals surface area contributed by atoms with Crippen LogP contribution in [0, 0.1) is 19.7 Å². The quantitative estimate of drug-likeness (QED) is 0.0564. The number of halogens is 1. The number of aromatic amines is 1. The predicted molar refractivity (Wildman–Crippen MR) is 249 cm³/mol. The third-order valence-corrected chi connectivity index (χ3v) is 12.3. The molecule has 352 valence electrons. The molecule has 6 rings (SSSR count). The summed E-state index contributed by atoms with van der Waals surface area (Å²) in [6.07, 6.45) is -0.515. The Hall–Kier alpha value is -6.76. The first kappa shape index (κ1) is 48.7. The fourth-order valence-corrected chi connectivity index (χ4v) is 8.39. The Morgan fingerprint density at radius 1 is 0.924 bits per heavy atom. The predicted octanol–water partition coefficient (Wildman–Crippen LogP) is 6.00. The van der Waals surface area contributed by atoms with Gasteiger partial charge in [0.2, 0.25) is 5.91 Å². The number of nitrogens with two attached hydrogens (primary N) is 2. The monoisotopic (exact) mass is 909 g/mol. The molecule has 0 saturated carbocycles. The molecule has 3 heterocycles. The van der Waals surface area contributed by atoms with Crippen molar-refractivity contribution in [1.29, 1.82) is 0 Å². The average Bonchev–Trinajstić information content (AvgIpc) is 3.74. The third-order valence-electron chi connectivity index (χ3n) is 12.3. The summed E-state index contributed by atoms with van der Waals surface area (Å²) >= 11 is 0. The molecule has 18 heteroatoms. The van der Waals surface area contributed by atoms with Crippen LogP contribution in [0.3, 0.4) is 0 Å². The molecule has 8 N–H and O–H groups in total. The number of rotatable bonds is 16. The summed E-state index contributed by atoms with van der Waals surface area (Å²) in [5.41, 5.74) is 17.2. The molecular formula is C48H60FN9O8. The SMILES string of the molecule is CCN(CC)CCN(C(=O)OCCC(=O)N1CCN(Cc2ccc(N(C(N)=O)C(N)c3cc(C(C)C)c(O)cc3O)cc2)CC1)C(=O)c1c(C)[nH]c(/C=C2\C(=O)Nc3ccc(F)cc32)c1C. The van der Waals surface area contributed by atoms with Crippen molar-refractivity contribution < 1.29 is 43.3 Å². The normalized spacial score (nSPS) is 15.0. The van der Waals surface area contributed by atoms with E-state index in [0.29, 0.717) is 91.8 Å². The van der Waals surface area contributed by atoms with Crippen LogP contribution < -0.4 is 21.7 Å². The van der Waals surface area contributed by atoms with Crippen LogP contribution in [0.5, 0.6) is 11.5 Å². The summed E-state index contributed by atoms with van der Waals surface area (Å²) in [5, 5.41) is 23.6. The molecular weight excluding hydrogens is 850 g/mol. The van der Waals surface area contributed by atoms with Crippen LogP contribution in [-0.2, 0) is 20.9 Å². The number of aromatic hydroxyl groups is 2. The van der Waals surface area contributed by atoms with E-state index in [9.17, 15) is 38.6 Å². The molecule has 3 aromatic carbocycles. The Labute approximate surface area is 383 Å². The molecule has 4 aromatic rings. The molecule has 17 nitrogen and oxygen atoms in total. The van der Waals surface area contributed by atoms with E-state index in [-0.39, 0.29) is 59.6 Å². The average molecular weight is 910 g/mol. The number of aryl methyl sites for hydroxylation is 1. The number of hydrogen-bond acceptors (Lipinski definition) is 11. The highest BCUT2D eigenvalue weighted by atomic mass is 19.1. The maximum Gasteiger partial charge on any atom is 0.416 e. The summed E-state index contributed by atoms with van der Waals surface area (Å²) in [6, 6.07) is 13.1. The van der Waals surface area contributed by atoms with Gasteiger partial charge in [0.15, 0.2) is 0 Å². The Morgan fingerprint density at radius 3 is 2.23 bits per heavy atom. The molecule has 0 aliphatic carbocycles. The molecule has 0 radical (unpaired) electrons. The molecule has 1 saturated heterocycles. The second kappa shape index (κ2) is 21.0. The van der Waals surface area contributed by atoms with Gasteiger partial charge >= 0.3 is 12.1 Å². The van der Waals surface area contributed by atoms with E-state index in [1.54, 1.807) is 43.0 Å². The zero-order chi connectivity index (χ0) is 48.0. The number of primary amides is 1. The van der Waals surface area contributed by atoms with E-state index in [1.807, 2.05) is 39.8 Å². The Morgan fingerprint density at radius 2 is 1.59 bits per heavy atom. The third kappa shape index (κ3) is 10.8. The van der Waals surface area contributed by atoms with E-state index in [4.69, 9.17) is 16.2 Å². The fraction of sp³-hybridized carbons (Fsp3) is 0.396. The number of hydrogen-bond donors (Lipinski definition) is 6. The van der Waals surface area contributed by atoms with Gasteiger partial charge in [-0.25, -0.2) is 18.9 Å². The number of ether oxygens (including phenoxy) is 1. The van der Waals surface area contributed by atoms with E-state index in [0.717, 1.165) is 10.5 Å². The van der Waals surface area contributed by atoms with Gasteiger partial charge in [-0.1, -0.05) is 39.8 Å². The lowest BCUT2D eigenvalue weighted by Crippen LogP contribution is -2.48. The maximum absolute atomic E-state index is 14.2. The van der Waals surface area contributed by atoms with Crippen molar-refractivity contribution in [2.24, 2.45) is 11.5 Å². The number of imide groups is 1. The van der Waals surface area contributed by atoms with Crippen molar-refractivity contribution in [2.75, 3.05) is 69.2 Å². The number of phenolic OH excluding ortho intramolecular Hbond substituents is 2. The molecule has 1 unspecified atom stereocenters. The minimum absolute atomic E-state index is 0.0357. The number of carbonyl (C=O) groups excluding carboxylic acids is 5. The second-order valence-corrected chi connectivity index (χ2v) is 16.8. The van der Waals surface area contributed by atoms with Crippen LogP contribution in [0.1, 0.15) is 95.8 Å². The van der Waals surface area contributed by atoms with E-state index in [2.05, 4.69) is 20.1 Å². The number of likely N-dealkylation sites (N-methyl/N-ethyl adjacent to an activating group) is 1. The first-order valence-corrected chi connectivity index (χ1v) is 22.1. The Kier molecular flexibility index (Phi) is 15.5. The highest BCUT2D eigenvalue weighted by molar-refractivity contribution is 6.35. The number of fused-ring (bicyclic) bond motifs is 1. The van der Waals surface area contributed by atoms with Crippen LogP contribution in [0.25, 0.3) is 11.6 Å². The van der Waals surface area contributed by atoms with Gasteiger partial charge in [-0.05, 0) is 92.0 Å². The minimum Gasteiger partial charge on any atom is -0.508 e. The molecule has 2 aliphatic rings. The molecule has 0 spiro atoms. The number of amides is 6. The van der Waals surface area contributed by atoms with Gasteiger partial charge in [0.05, 0.1) is 17.6 Å². The minimum atomic E-state index is -1.13. The lowest BCUT2D eigenvalue weighted by atomic mass is 9.97. The molecule has 2 aliphatic heterocycles. The van der Waals surface area contributed by atoms with Crippen molar-refractivity contribution in [1.82, 2.24) is 24.6 Å². The number of nitrogens with one attached hydrogen (secondary N) is 2. The van der Waals surface area contributed by atoms with Gasteiger partial charge < -0.3 is 46.5 Å². The van der Waals surface area contributed by atoms with Gasteiger partial charge in [-0.2, -0.15) is 0 Å². The smallest absolute Gasteiger partial charge is 0.416 e. The number of phenols is 2. The number of aromatic nitrogens is 1. The first-order valence-electron chi connectivity index (χ1n) is 22.1. The van der Waals surface area contributed by atoms with Crippen molar-refractivity contribution in [2.45, 2.75) is 66.6 Å². The van der Waals surface area contributed by atoms with Crippen molar-refractivity contribution >= 4 is 52.9 Å². The maximum atomic E-state index is 14.2. The van der Waals surface area contributed by atoms with Crippen LogP contribution >= 0.6 is 0 Å². The van der Waals surface area contributed by atoms with Gasteiger partial charge in [0.1, 0.15) is 30.1 Å².